The summed E-state index contributed by atoms with van der Waals surface area (Å²) in [5, 5.41) is 7.84. The average molecular weight is 278 g/mol. The normalized spacial score (nSPS) is 12.2. The number of hydrogen-bond acceptors (Lipinski definition) is 3. The summed E-state index contributed by atoms with van der Waals surface area (Å²) in [4.78, 5) is 4.07. The van der Waals surface area contributed by atoms with Gasteiger partial charge < -0.3 is 5.32 Å². The zero-order chi connectivity index (χ0) is 14.5. The number of aromatic nitrogens is 3. The van der Waals surface area contributed by atoms with Crippen LogP contribution in [0.5, 0.6) is 0 Å². The van der Waals surface area contributed by atoms with Crippen LogP contribution in [0.15, 0.2) is 67.1 Å². The van der Waals surface area contributed by atoms with Crippen LogP contribution in [0.2, 0.25) is 0 Å². The van der Waals surface area contributed by atoms with Crippen molar-refractivity contribution in [3.05, 3.63) is 78.4 Å². The van der Waals surface area contributed by atoms with Crippen molar-refractivity contribution in [2.24, 2.45) is 0 Å². The van der Waals surface area contributed by atoms with E-state index < -0.39 is 0 Å². The predicted molar refractivity (Wildman–Crippen MR) is 83.3 cm³/mol. The highest BCUT2D eigenvalue weighted by Crippen LogP contribution is 2.20. The van der Waals surface area contributed by atoms with E-state index in [4.69, 9.17) is 0 Å². The number of likely N-dealkylation sites (N-methyl/N-ethyl adjacent to an activating group) is 1. The summed E-state index contributed by atoms with van der Waals surface area (Å²) in [6, 6.07) is 16.6. The molecule has 0 spiro atoms. The lowest BCUT2D eigenvalue weighted by Crippen LogP contribution is -2.22. The molecule has 0 radical (unpaired) electrons. The molecule has 21 heavy (non-hydrogen) atoms. The van der Waals surface area contributed by atoms with Gasteiger partial charge in [0.05, 0.1) is 17.4 Å². The molecule has 2 heterocycles. The fourth-order valence-corrected chi connectivity index (χ4v) is 2.47. The van der Waals surface area contributed by atoms with Gasteiger partial charge in [0, 0.05) is 18.6 Å². The van der Waals surface area contributed by atoms with E-state index in [0.717, 1.165) is 17.8 Å². The lowest BCUT2D eigenvalue weighted by atomic mass is 10.0. The minimum atomic E-state index is 0.204. The second-order valence-electron chi connectivity index (χ2n) is 4.90. The van der Waals surface area contributed by atoms with E-state index in [2.05, 4.69) is 33.6 Å². The van der Waals surface area contributed by atoms with Crippen LogP contribution in [0.4, 0.5) is 0 Å². The van der Waals surface area contributed by atoms with Crippen LogP contribution in [0.1, 0.15) is 17.3 Å². The molecule has 0 saturated heterocycles. The average Bonchev–Trinajstić information content (AvgIpc) is 3.04. The standard InChI is InChI=1S/C17H18N4/c1-18-16(13-14-7-10-19-11-8-14)17-9-12-20-21(17)15-5-3-2-4-6-15/h2-12,16,18H,13H2,1H3. The second-order valence-corrected chi connectivity index (χ2v) is 4.90. The van der Waals surface area contributed by atoms with Crippen LogP contribution in [-0.2, 0) is 6.42 Å². The molecule has 1 N–H and O–H groups in total. The summed E-state index contributed by atoms with van der Waals surface area (Å²) in [5.41, 5.74) is 3.48. The molecule has 106 valence electrons. The number of rotatable bonds is 5. The Balaban J connectivity index is 1.90. The quantitative estimate of drug-likeness (QED) is 0.780. The van der Waals surface area contributed by atoms with Crippen molar-refractivity contribution in [1.82, 2.24) is 20.1 Å². The third-order valence-electron chi connectivity index (χ3n) is 3.57. The first kappa shape index (κ1) is 13.5. The molecule has 0 aliphatic rings. The van der Waals surface area contributed by atoms with E-state index in [1.165, 1.54) is 5.56 Å². The number of hydrogen-bond donors (Lipinski definition) is 1. The van der Waals surface area contributed by atoms with E-state index in [0.29, 0.717) is 0 Å². The van der Waals surface area contributed by atoms with Crippen molar-refractivity contribution >= 4 is 0 Å². The fourth-order valence-electron chi connectivity index (χ4n) is 2.47. The lowest BCUT2D eigenvalue weighted by molar-refractivity contribution is 0.555. The summed E-state index contributed by atoms with van der Waals surface area (Å²) >= 11 is 0. The van der Waals surface area contributed by atoms with Crippen LogP contribution in [0, 0.1) is 0 Å². The Hall–Kier alpha value is -2.46. The molecule has 3 rings (SSSR count). The Kier molecular flexibility index (Phi) is 4.07. The maximum absolute atomic E-state index is 4.46. The minimum absolute atomic E-state index is 0.204. The van der Waals surface area contributed by atoms with Crippen LogP contribution in [-0.4, -0.2) is 21.8 Å². The van der Waals surface area contributed by atoms with Gasteiger partial charge in [0.1, 0.15) is 0 Å². The topological polar surface area (TPSA) is 42.7 Å². The van der Waals surface area contributed by atoms with E-state index in [9.17, 15) is 0 Å². The number of pyridine rings is 1. The van der Waals surface area contributed by atoms with E-state index in [1.54, 1.807) is 0 Å². The van der Waals surface area contributed by atoms with Gasteiger partial charge in [0.2, 0.25) is 0 Å². The predicted octanol–water partition coefficient (Wildman–Crippen LogP) is 2.77. The Labute approximate surface area is 124 Å². The Morgan fingerprint density at radius 2 is 1.76 bits per heavy atom. The van der Waals surface area contributed by atoms with Crippen molar-refractivity contribution in [2.45, 2.75) is 12.5 Å². The van der Waals surface area contributed by atoms with Gasteiger partial charge in [0.15, 0.2) is 0 Å². The fraction of sp³-hybridized carbons (Fsp3) is 0.176. The summed E-state index contributed by atoms with van der Waals surface area (Å²) in [6.07, 6.45) is 6.41. The van der Waals surface area contributed by atoms with Gasteiger partial charge in [-0.15, -0.1) is 0 Å². The van der Waals surface area contributed by atoms with Gasteiger partial charge in [-0.05, 0) is 49.4 Å². The van der Waals surface area contributed by atoms with Crippen LogP contribution >= 0.6 is 0 Å². The third kappa shape index (κ3) is 3.01. The molecule has 0 bridgehead atoms. The zero-order valence-corrected chi connectivity index (χ0v) is 12.0. The van der Waals surface area contributed by atoms with Crippen LogP contribution in [0.3, 0.4) is 0 Å². The summed E-state index contributed by atoms with van der Waals surface area (Å²) < 4.78 is 1.99. The Morgan fingerprint density at radius 1 is 1.00 bits per heavy atom. The number of para-hydroxylation sites is 1. The molecule has 1 aromatic carbocycles. The van der Waals surface area contributed by atoms with Crippen molar-refractivity contribution in [3.8, 4) is 5.69 Å². The first-order valence-corrected chi connectivity index (χ1v) is 7.04. The number of nitrogens with zero attached hydrogens (tertiary/aromatic N) is 3. The number of benzene rings is 1. The van der Waals surface area contributed by atoms with E-state index in [-0.39, 0.29) is 6.04 Å². The molecule has 1 unspecified atom stereocenters. The van der Waals surface area contributed by atoms with Gasteiger partial charge in [-0.2, -0.15) is 5.10 Å². The molecule has 4 nitrogen and oxygen atoms in total. The smallest absolute Gasteiger partial charge is 0.0649 e. The molecule has 3 aromatic rings. The molecule has 4 heteroatoms. The minimum Gasteiger partial charge on any atom is -0.311 e. The number of nitrogens with one attached hydrogen (secondary N) is 1. The summed E-state index contributed by atoms with van der Waals surface area (Å²) in [5.74, 6) is 0. The molecule has 0 aliphatic heterocycles. The van der Waals surface area contributed by atoms with Gasteiger partial charge in [0.25, 0.3) is 0 Å². The highest BCUT2D eigenvalue weighted by atomic mass is 15.3. The molecular formula is C17H18N4. The van der Waals surface area contributed by atoms with Crippen LogP contribution in [0.25, 0.3) is 5.69 Å². The molecule has 0 amide bonds. The SMILES string of the molecule is CNC(Cc1ccncc1)c1ccnn1-c1ccccc1. The largest absolute Gasteiger partial charge is 0.311 e. The molecular weight excluding hydrogens is 260 g/mol. The zero-order valence-electron chi connectivity index (χ0n) is 12.0. The molecule has 0 fully saturated rings. The highest BCUT2D eigenvalue weighted by Gasteiger charge is 2.15. The first-order valence-electron chi connectivity index (χ1n) is 7.04. The first-order chi connectivity index (χ1) is 10.4. The van der Waals surface area contributed by atoms with Crippen molar-refractivity contribution in [1.29, 1.82) is 0 Å². The monoisotopic (exact) mass is 278 g/mol. The molecule has 2 aromatic heterocycles. The molecule has 0 saturated carbocycles. The van der Waals surface area contributed by atoms with Gasteiger partial charge in [-0.3, -0.25) is 4.98 Å². The highest BCUT2D eigenvalue weighted by molar-refractivity contribution is 5.33. The summed E-state index contributed by atoms with van der Waals surface area (Å²) in [6.45, 7) is 0. The lowest BCUT2D eigenvalue weighted by Gasteiger charge is -2.18. The van der Waals surface area contributed by atoms with Crippen LogP contribution < -0.4 is 5.32 Å². The molecule has 1 atom stereocenters. The van der Waals surface area contributed by atoms with Crippen molar-refractivity contribution in [2.75, 3.05) is 7.05 Å². The van der Waals surface area contributed by atoms with Crippen molar-refractivity contribution in [3.63, 3.8) is 0 Å². The Morgan fingerprint density at radius 3 is 2.48 bits per heavy atom. The molecule has 0 aliphatic carbocycles. The van der Waals surface area contributed by atoms with E-state index >= 15 is 0 Å². The van der Waals surface area contributed by atoms with Gasteiger partial charge in [-0.25, -0.2) is 4.68 Å². The second kappa shape index (κ2) is 6.33. The van der Waals surface area contributed by atoms with Gasteiger partial charge in [-0.1, -0.05) is 18.2 Å². The maximum atomic E-state index is 4.46. The van der Waals surface area contributed by atoms with E-state index in [1.807, 2.05) is 60.7 Å². The maximum Gasteiger partial charge on any atom is 0.0649 e. The summed E-state index contributed by atoms with van der Waals surface area (Å²) in [7, 11) is 1.98. The Bertz CT molecular complexity index is 676. The third-order valence-corrected chi connectivity index (χ3v) is 3.57. The van der Waals surface area contributed by atoms with Gasteiger partial charge >= 0.3 is 0 Å². The van der Waals surface area contributed by atoms with Crippen molar-refractivity contribution < 1.29 is 0 Å².